The Morgan fingerprint density at radius 1 is 1.05 bits per heavy atom. The molecule has 0 spiro atoms. The van der Waals surface area contributed by atoms with Crippen molar-refractivity contribution in [1.29, 1.82) is 0 Å². The average Bonchev–Trinajstić information content (AvgIpc) is 2.57. The number of aromatic nitrogens is 2. The molecule has 0 radical (unpaired) electrons. The number of rotatable bonds is 4. The number of nitrogens with zero attached hydrogens (tertiary/aromatic N) is 2. The SMILES string of the molecule is O=C(NC1CCCCC1)c1ccnc(Nc2ccccc2)n1. The molecule has 5 nitrogen and oxygen atoms in total. The van der Waals surface area contributed by atoms with E-state index in [4.69, 9.17) is 0 Å². The summed E-state index contributed by atoms with van der Waals surface area (Å²) in [5, 5.41) is 6.17. The summed E-state index contributed by atoms with van der Waals surface area (Å²) in [6.07, 6.45) is 7.38. The van der Waals surface area contributed by atoms with E-state index in [-0.39, 0.29) is 11.9 Å². The summed E-state index contributed by atoms with van der Waals surface area (Å²) in [6, 6.07) is 11.6. The van der Waals surface area contributed by atoms with Gasteiger partial charge in [-0.3, -0.25) is 4.79 Å². The lowest BCUT2D eigenvalue weighted by molar-refractivity contribution is 0.0922. The minimum absolute atomic E-state index is 0.120. The van der Waals surface area contributed by atoms with E-state index in [0.717, 1.165) is 18.5 Å². The molecule has 1 aliphatic rings. The molecule has 0 unspecified atom stereocenters. The van der Waals surface area contributed by atoms with Crippen LogP contribution in [-0.4, -0.2) is 21.9 Å². The van der Waals surface area contributed by atoms with Crippen LogP contribution in [0.1, 0.15) is 42.6 Å². The molecule has 1 heterocycles. The van der Waals surface area contributed by atoms with Crippen LogP contribution in [-0.2, 0) is 0 Å². The van der Waals surface area contributed by atoms with Gasteiger partial charge in [-0.05, 0) is 31.0 Å². The lowest BCUT2D eigenvalue weighted by Crippen LogP contribution is -2.36. The Labute approximate surface area is 130 Å². The fourth-order valence-electron chi connectivity index (χ4n) is 2.70. The molecule has 22 heavy (non-hydrogen) atoms. The van der Waals surface area contributed by atoms with Crippen LogP contribution in [0.3, 0.4) is 0 Å². The zero-order valence-electron chi connectivity index (χ0n) is 12.5. The molecule has 0 saturated heterocycles. The van der Waals surface area contributed by atoms with Crippen molar-refractivity contribution in [3.63, 3.8) is 0 Å². The molecule has 1 aliphatic carbocycles. The van der Waals surface area contributed by atoms with Gasteiger partial charge in [-0.25, -0.2) is 9.97 Å². The second-order valence-electron chi connectivity index (χ2n) is 5.56. The van der Waals surface area contributed by atoms with Gasteiger partial charge in [0.15, 0.2) is 0 Å². The van der Waals surface area contributed by atoms with Gasteiger partial charge < -0.3 is 10.6 Å². The first-order chi connectivity index (χ1) is 10.8. The molecule has 2 N–H and O–H groups in total. The van der Waals surface area contributed by atoms with Crippen LogP contribution in [0.4, 0.5) is 11.6 Å². The fraction of sp³-hybridized carbons (Fsp3) is 0.353. The first kappa shape index (κ1) is 14.5. The number of carbonyl (C=O) groups excluding carboxylic acids is 1. The van der Waals surface area contributed by atoms with E-state index >= 15 is 0 Å². The minimum atomic E-state index is -0.120. The summed E-state index contributed by atoms with van der Waals surface area (Å²) in [5.41, 5.74) is 1.30. The van der Waals surface area contributed by atoms with Crippen LogP contribution >= 0.6 is 0 Å². The van der Waals surface area contributed by atoms with Crippen molar-refractivity contribution >= 4 is 17.5 Å². The van der Waals surface area contributed by atoms with Gasteiger partial charge in [0, 0.05) is 17.9 Å². The number of para-hydroxylation sites is 1. The number of hydrogen-bond acceptors (Lipinski definition) is 4. The Hall–Kier alpha value is -2.43. The van der Waals surface area contributed by atoms with Crippen molar-refractivity contribution < 1.29 is 4.79 Å². The highest BCUT2D eigenvalue weighted by atomic mass is 16.1. The van der Waals surface area contributed by atoms with E-state index in [1.165, 1.54) is 19.3 Å². The molecule has 1 saturated carbocycles. The molecular weight excluding hydrogens is 276 g/mol. The summed E-state index contributed by atoms with van der Waals surface area (Å²) in [7, 11) is 0. The highest BCUT2D eigenvalue weighted by Crippen LogP contribution is 2.18. The molecule has 1 aromatic carbocycles. The maximum atomic E-state index is 12.3. The number of anilines is 2. The smallest absolute Gasteiger partial charge is 0.270 e. The van der Waals surface area contributed by atoms with Crippen LogP contribution in [0.5, 0.6) is 0 Å². The van der Waals surface area contributed by atoms with Crippen molar-refractivity contribution in [2.24, 2.45) is 0 Å². The Morgan fingerprint density at radius 3 is 2.59 bits per heavy atom. The maximum absolute atomic E-state index is 12.3. The van der Waals surface area contributed by atoms with Crippen molar-refractivity contribution in [2.45, 2.75) is 38.1 Å². The second-order valence-corrected chi connectivity index (χ2v) is 5.56. The first-order valence-corrected chi connectivity index (χ1v) is 7.77. The maximum Gasteiger partial charge on any atom is 0.270 e. The van der Waals surface area contributed by atoms with Crippen molar-refractivity contribution in [3.05, 3.63) is 48.3 Å². The van der Waals surface area contributed by atoms with Gasteiger partial charge in [-0.15, -0.1) is 0 Å². The largest absolute Gasteiger partial charge is 0.348 e. The lowest BCUT2D eigenvalue weighted by Gasteiger charge is -2.22. The van der Waals surface area contributed by atoms with Gasteiger partial charge in [0.05, 0.1) is 0 Å². The van der Waals surface area contributed by atoms with Gasteiger partial charge in [0.2, 0.25) is 5.95 Å². The Morgan fingerprint density at radius 2 is 1.82 bits per heavy atom. The Bertz CT molecular complexity index is 624. The zero-order chi connectivity index (χ0) is 15.2. The second kappa shape index (κ2) is 7.02. The molecule has 0 aliphatic heterocycles. The quantitative estimate of drug-likeness (QED) is 0.908. The van der Waals surface area contributed by atoms with Gasteiger partial charge in [0.1, 0.15) is 5.69 Å². The predicted molar refractivity (Wildman–Crippen MR) is 86.1 cm³/mol. The molecule has 0 bridgehead atoms. The topological polar surface area (TPSA) is 66.9 Å². The molecule has 3 rings (SSSR count). The number of benzene rings is 1. The molecule has 1 aromatic heterocycles. The van der Waals surface area contributed by atoms with Gasteiger partial charge >= 0.3 is 0 Å². The van der Waals surface area contributed by atoms with Crippen molar-refractivity contribution in [1.82, 2.24) is 15.3 Å². The monoisotopic (exact) mass is 296 g/mol. The summed E-state index contributed by atoms with van der Waals surface area (Å²) in [5.74, 6) is 0.313. The highest BCUT2D eigenvalue weighted by molar-refractivity contribution is 5.92. The van der Waals surface area contributed by atoms with E-state index in [9.17, 15) is 4.79 Å². The fourth-order valence-corrected chi connectivity index (χ4v) is 2.70. The van der Waals surface area contributed by atoms with E-state index < -0.39 is 0 Å². The average molecular weight is 296 g/mol. The van der Waals surface area contributed by atoms with E-state index in [0.29, 0.717) is 11.6 Å². The minimum Gasteiger partial charge on any atom is -0.348 e. The normalized spacial score (nSPS) is 15.3. The molecule has 5 heteroatoms. The van der Waals surface area contributed by atoms with Gasteiger partial charge in [-0.2, -0.15) is 0 Å². The Kier molecular flexibility index (Phi) is 4.63. The third kappa shape index (κ3) is 3.81. The van der Waals surface area contributed by atoms with Crippen LogP contribution in [0.15, 0.2) is 42.6 Å². The van der Waals surface area contributed by atoms with Crippen LogP contribution < -0.4 is 10.6 Å². The molecule has 1 fully saturated rings. The van der Waals surface area contributed by atoms with Gasteiger partial charge in [0.25, 0.3) is 5.91 Å². The van der Waals surface area contributed by atoms with Crippen LogP contribution in [0.2, 0.25) is 0 Å². The summed E-state index contributed by atoms with van der Waals surface area (Å²) < 4.78 is 0. The number of carbonyl (C=O) groups is 1. The van der Waals surface area contributed by atoms with Crippen molar-refractivity contribution in [3.8, 4) is 0 Å². The molecule has 114 valence electrons. The van der Waals surface area contributed by atoms with Crippen molar-refractivity contribution in [2.75, 3.05) is 5.32 Å². The van der Waals surface area contributed by atoms with Crippen LogP contribution in [0.25, 0.3) is 0 Å². The lowest BCUT2D eigenvalue weighted by atomic mass is 9.95. The van der Waals surface area contributed by atoms with E-state index in [1.54, 1.807) is 12.3 Å². The third-order valence-corrected chi connectivity index (χ3v) is 3.86. The molecule has 2 aromatic rings. The van der Waals surface area contributed by atoms with E-state index in [2.05, 4.69) is 20.6 Å². The molecular formula is C17H20N4O. The number of amides is 1. The number of hydrogen-bond donors (Lipinski definition) is 2. The first-order valence-electron chi connectivity index (χ1n) is 7.77. The van der Waals surface area contributed by atoms with E-state index in [1.807, 2.05) is 30.3 Å². The molecule has 0 atom stereocenters. The third-order valence-electron chi connectivity index (χ3n) is 3.86. The standard InChI is InChI=1S/C17H20N4O/c22-16(19-13-7-3-1-4-8-13)15-11-12-18-17(21-15)20-14-9-5-2-6-10-14/h2,5-6,9-13H,1,3-4,7-8H2,(H,19,22)(H,18,20,21). The van der Waals surface area contributed by atoms with Gasteiger partial charge in [-0.1, -0.05) is 37.5 Å². The Balaban J connectivity index is 1.66. The summed E-state index contributed by atoms with van der Waals surface area (Å²) in [4.78, 5) is 20.7. The highest BCUT2D eigenvalue weighted by Gasteiger charge is 2.17. The van der Waals surface area contributed by atoms with Crippen LogP contribution in [0, 0.1) is 0 Å². The zero-order valence-corrected chi connectivity index (χ0v) is 12.5. The predicted octanol–water partition coefficient (Wildman–Crippen LogP) is 3.28. The number of nitrogens with one attached hydrogen (secondary N) is 2. The molecule has 1 amide bonds. The summed E-state index contributed by atoms with van der Waals surface area (Å²) in [6.45, 7) is 0. The summed E-state index contributed by atoms with van der Waals surface area (Å²) >= 11 is 0.